The smallest absolute Gasteiger partial charge is 0.221 e. The van der Waals surface area contributed by atoms with Crippen molar-refractivity contribution < 1.29 is 4.79 Å². The molecule has 170 valence electrons. The second-order valence-corrected chi connectivity index (χ2v) is 10.0. The minimum atomic E-state index is 0.0372. The predicted octanol–water partition coefficient (Wildman–Crippen LogP) is 4.96. The third-order valence-corrected chi connectivity index (χ3v) is 7.51. The van der Waals surface area contributed by atoms with Crippen molar-refractivity contribution in [2.45, 2.75) is 45.7 Å². The Kier molecular flexibility index (Phi) is 7.55. The lowest BCUT2D eigenvalue weighted by Gasteiger charge is -2.36. The molecule has 2 aromatic heterocycles. The van der Waals surface area contributed by atoms with E-state index in [1.54, 1.807) is 11.3 Å². The number of thiophene rings is 1. The number of benzene rings is 1. The molecule has 1 fully saturated rings. The molecular weight excluding hydrogens is 438 g/mol. The number of carbonyl (C=O) groups is 1. The van der Waals surface area contributed by atoms with Gasteiger partial charge in [-0.25, -0.2) is 0 Å². The number of aromatic amines is 1. The van der Waals surface area contributed by atoms with Gasteiger partial charge in [-0.3, -0.25) is 19.4 Å². The maximum atomic E-state index is 12.8. The normalized spacial score (nSPS) is 16.2. The van der Waals surface area contributed by atoms with E-state index in [2.05, 4.69) is 63.9 Å². The Morgan fingerprint density at radius 2 is 2.12 bits per heavy atom. The molecule has 1 saturated heterocycles. The van der Waals surface area contributed by atoms with Gasteiger partial charge < -0.3 is 5.32 Å². The molecule has 8 heteroatoms. The predicted molar refractivity (Wildman–Crippen MR) is 132 cm³/mol. The number of H-pyrrole nitrogens is 1. The summed E-state index contributed by atoms with van der Waals surface area (Å²) >= 11 is 7.19. The zero-order valence-corrected chi connectivity index (χ0v) is 20.3. The van der Waals surface area contributed by atoms with Crippen LogP contribution in [0.15, 0.2) is 41.8 Å². The Morgan fingerprint density at radius 3 is 2.84 bits per heavy atom. The number of amides is 1. The van der Waals surface area contributed by atoms with E-state index in [1.165, 1.54) is 17.7 Å². The SMILES string of the molecule is Cc1cccc(-c2n[nH]c(=S)n2CCC(=O)NCC(c2cccs2)N2CCC(C)CC2)c1. The Bertz CT molecular complexity index is 1080. The lowest BCUT2D eigenvalue weighted by Crippen LogP contribution is -2.41. The molecule has 0 aliphatic carbocycles. The van der Waals surface area contributed by atoms with Crippen LogP contribution in [0.4, 0.5) is 0 Å². The minimum Gasteiger partial charge on any atom is -0.354 e. The fourth-order valence-corrected chi connectivity index (χ4v) is 5.36. The highest BCUT2D eigenvalue weighted by atomic mass is 32.1. The lowest BCUT2D eigenvalue weighted by atomic mass is 9.97. The van der Waals surface area contributed by atoms with Crippen LogP contribution in [0.1, 0.15) is 42.7 Å². The first-order valence-electron chi connectivity index (χ1n) is 11.3. The van der Waals surface area contributed by atoms with E-state index in [4.69, 9.17) is 12.2 Å². The summed E-state index contributed by atoms with van der Waals surface area (Å²) in [5.74, 6) is 1.59. The van der Waals surface area contributed by atoms with E-state index < -0.39 is 0 Å². The molecule has 3 aromatic rings. The Balaban J connectivity index is 1.38. The van der Waals surface area contributed by atoms with Crippen LogP contribution in [0.2, 0.25) is 0 Å². The number of aromatic nitrogens is 3. The summed E-state index contributed by atoms with van der Waals surface area (Å²) in [5.41, 5.74) is 2.15. The molecule has 1 aromatic carbocycles. The molecule has 6 nitrogen and oxygen atoms in total. The standard InChI is InChI=1S/C24H31N5OS2/c1-17-8-11-28(12-9-17)20(21-7-4-14-32-21)16-25-22(30)10-13-29-23(26-27-24(29)31)19-6-3-5-18(2)15-19/h3-7,14-15,17,20H,8-13,16H2,1-2H3,(H,25,30)(H,27,31). The second kappa shape index (κ2) is 10.6. The van der Waals surface area contributed by atoms with E-state index in [9.17, 15) is 4.79 Å². The summed E-state index contributed by atoms with van der Waals surface area (Å²) < 4.78 is 2.44. The molecule has 0 radical (unpaired) electrons. The van der Waals surface area contributed by atoms with Crippen LogP contribution in [-0.4, -0.2) is 45.2 Å². The van der Waals surface area contributed by atoms with E-state index in [1.807, 2.05) is 16.7 Å². The molecule has 32 heavy (non-hydrogen) atoms. The van der Waals surface area contributed by atoms with Crippen molar-refractivity contribution in [3.8, 4) is 11.4 Å². The van der Waals surface area contributed by atoms with E-state index in [0.29, 0.717) is 24.3 Å². The number of hydrogen-bond donors (Lipinski definition) is 2. The number of nitrogens with zero attached hydrogens (tertiary/aromatic N) is 3. The van der Waals surface area contributed by atoms with E-state index in [-0.39, 0.29) is 11.9 Å². The Labute approximate surface area is 198 Å². The summed E-state index contributed by atoms with van der Waals surface area (Å²) in [6.45, 7) is 7.68. The van der Waals surface area contributed by atoms with Gasteiger partial charge in [-0.05, 0) is 68.5 Å². The van der Waals surface area contributed by atoms with Crippen LogP contribution in [0, 0.1) is 17.6 Å². The van der Waals surface area contributed by atoms with Crippen molar-refractivity contribution in [2.75, 3.05) is 19.6 Å². The minimum absolute atomic E-state index is 0.0372. The number of aryl methyl sites for hydroxylation is 1. The number of carbonyl (C=O) groups excluding carboxylic acids is 1. The highest BCUT2D eigenvalue weighted by Crippen LogP contribution is 2.29. The van der Waals surface area contributed by atoms with Crippen molar-refractivity contribution in [3.63, 3.8) is 0 Å². The summed E-state index contributed by atoms with van der Waals surface area (Å²) in [5, 5.41) is 12.6. The van der Waals surface area contributed by atoms with Crippen LogP contribution in [0.5, 0.6) is 0 Å². The van der Waals surface area contributed by atoms with Crippen LogP contribution < -0.4 is 5.32 Å². The second-order valence-electron chi connectivity index (χ2n) is 8.68. The first-order valence-corrected chi connectivity index (χ1v) is 12.6. The maximum Gasteiger partial charge on any atom is 0.221 e. The highest BCUT2D eigenvalue weighted by Gasteiger charge is 2.25. The molecule has 1 unspecified atom stereocenters. The molecule has 1 amide bonds. The van der Waals surface area contributed by atoms with Crippen molar-refractivity contribution in [3.05, 3.63) is 57.0 Å². The molecule has 0 saturated carbocycles. The topological polar surface area (TPSA) is 66.0 Å². The zero-order chi connectivity index (χ0) is 22.5. The molecule has 1 aliphatic rings. The fourth-order valence-electron chi connectivity index (χ4n) is 4.27. The van der Waals surface area contributed by atoms with Gasteiger partial charge in [-0.15, -0.1) is 11.3 Å². The summed E-state index contributed by atoms with van der Waals surface area (Å²) in [7, 11) is 0. The van der Waals surface area contributed by atoms with Gasteiger partial charge in [0.2, 0.25) is 5.91 Å². The Hall–Kier alpha value is -2.29. The molecule has 1 aliphatic heterocycles. The first-order chi connectivity index (χ1) is 15.5. The monoisotopic (exact) mass is 469 g/mol. The van der Waals surface area contributed by atoms with Crippen LogP contribution in [0.25, 0.3) is 11.4 Å². The molecule has 2 N–H and O–H groups in total. The lowest BCUT2D eigenvalue weighted by molar-refractivity contribution is -0.121. The number of nitrogens with one attached hydrogen (secondary N) is 2. The van der Waals surface area contributed by atoms with Gasteiger partial charge in [-0.1, -0.05) is 36.8 Å². The molecule has 3 heterocycles. The van der Waals surface area contributed by atoms with Gasteiger partial charge in [0.15, 0.2) is 10.6 Å². The van der Waals surface area contributed by atoms with Crippen LogP contribution in [0.3, 0.4) is 0 Å². The molecule has 0 bridgehead atoms. The molecule has 1 atom stereocenters. The number of likely N-dealkylation sites (tertiary alicyclic amines) is 1. The summed E-state index contributed by atoms with van der Waals surface area (Å²) in [6, 6.07) is 12.7. The summed E-state index contributed by atoms with van der Waals surface area (Å²) in [4.78, 5) is 16.6. The highest BCUT2D eigenvalue weighted by molar-refractivity contribution is 7.71. The van der Waals surface area contributed by atoms with Crippen LogP contribution >= 0.6 is 23.6 Å². The number of rotatable bonds is 8. The van der Waals surface area contributed by atoms with Crippen molar-refractivity contribution in [1.82, 2.24) is 25.0 Å². The third kappa shape index (κ3) is 5.54. The fraction of sp³-hybridized carbons (Fsp3) is 0.458. The van der Waals surface area contributed by atoms with Crippen LogP contribution in [-0.2, 0) is 11.3 Å². The van der Waals surface area contributed by atoms with Gasteiger partial charge in [0, 0.05) is 30.0 Å². The average molecular weight is 470 g/mol. The number of piperidine rings is 1. The largest absolute Gasteiger partial charge is 0.354 e. The molecule has 0 spiro atoms. The van der Waals surface area contributed by atoms with Gasteiger partial charge in [0.25, 0.3) is 0 Å². The zero-order valence-electron chi connectivity index (χ0n) is 18.7. The van der Waals surface area contributed by atoms with Crippen molar-refractivity contribution in [2.24, 2.45) is 5.92 Å². The maximum absolute atomic E-state index is 12.8. The van der Waals surface area contributed by atoms with Gasteiger partial charge in [0.1, 0.15) is 0 Å². The first kappa shape index (κ1) is 22.9. The Morgan fingerprint density at radius 1 is 1.31 bits per heavy atom. The van der Waals surface area contributed by atoms with E-state index >= 15 is 0 Å². The average Bonchev–Trinajstić information content (AvgIpc) is 3.44. The summed E-state index contributed by atoms with van der Waals surface area (Å²) in [6.07, 6.45) is 2.80. The van der Waals surface area contributed by atoms with Crippen molar-refractivity contribution >= 4 is 29.5 Å². The van der Waals surface area contributed by atoms with Gasteiger partial charge in [0.05, 0.1) is 6.04 Å². The quantitative estimate of drug-likeness (QED) is 0.458. The van der Waals surface area contributed by atoms with Crippen molar-refractivity contribution in [1.29, 1.82) is 0 Å². The van der Waals surface area contributed by atoms with Gasteiger partial charge >= 0.3 is 0 Å². The molecular formula is C24H31N5OS2. The van der Waals surface area contributed by atoms with E-state index in [0.717, 1.165) is 36.0 Å². The third-order valence-electron chi connectivity index (χ3n) is 6.22. The van der Waals surface area contributed by atoms with Gasteiger partial charge in [-0.2, -0.15) is 5.10 Å². The number of hydrogen-bond acceptors (Lipinski definition) is 5. The molecule has 4 rings (SSSR count).